The number of carbonyl (C=O) groups is 3. The van der Waals surface area contributed by atoms with E-state index in [9.17, 15) is 75.7 Å². The van der Waals surface area contributed by atoms with Crippen LogP contribution in [0.1, 0.15) is 303 Å². The third kappa shape index (κ3) is 34.3. The first-order valence-electron chi connectivity index (χ1n) is 37.9. The number of aliphatic carboxylic acids is 1. The van der Waals surface area contributed by atoms with Crippen LogP contribution in [0.5, 0.6) is 0 Å². The molecule has 2 amide bonds. The van der Waals surface area contributed by atoms with Crippen LogP contribution in [0.2, 0.25) is 0 Å². The summed E-state index contributed by atoms with van der Waals surface area (Å²) in [7, 11) is 0. The minimum absolute atomic E-state index is 0.229. The molecule has 0 aliphatic carbocycles. The summed E-state index contributed by atoms with van der Waals surface area (Å²) in [6.07, 6.45) is 22.6. The van der Waals surface area contributed by atoms with E-state index < -0.39 is 148 Å². The van der Waals surface area contributed by atoms with E-state index in [2.05, 4.69) is 24.5 Å². The SMILES string of the molecule is CCCCCCCCCCCCCCCCCCCCCCCCCCCCCCC(=O)NC(COC1OC(CO)C(OC2OC(CO)C(O)C(OC3(C(=O)O)CC(O)C(NC(C)=O)C(C(O)C(O)CO)O3)C2O)C(O)C1O)C(O)CCCCCCCCCCCCCCC. The van der Waals surface area contributed by atoms with E-state index in [1.165, 1.54) is 205 Å². The fourth-order valence-corrected chi connectivity index (χ4v) is 13.5. The number of carboxylic acid groups (broad SMARTS) is 1. The van der Waals surface area contributed by atoms with Crippen molar-refractivity contribution in [1.82, 2.24) is 10.6 Å². The second-order valence-electron chi connectivity index (χ2n) is 27.9. The molecule has 3 saturated heterocycles. The number of hydrogen-bond donors (Lipinski definition) is 14. The number of aliphatic hydroxyl groups is 11. The fraction of sp³-hybridized carbons (Fsp3) is 0.958. The van der Waals surface area contributed by atoms with Crippen molar-refractivity contribution >= 4 is 17.8 Å². The smallest absolute Gasteiger partial charge is 0.364 e. The molecular weight excluding hydrogens is 1230 g/mol. The van der Waals surface area contributed by atoms with Gasteiger partial charge in [-0.3, -0.25) is 9.59 Å². The molecule has 3 fully saturated rings. The fourth-order valence-electron chi connectivity index (χ4n) is 13.5. The molecule has 0 aromatic heterocycles. The zero-order valence-corrected chi connectivity index (χ0v) is 58.8. The summed E-state index contributed by atoms with van der Waals surface area (Å²) in [4.78, 5) is 38.6. The van der Waals surface area contributed by atoms with Crippen molar-refractivity contribution in [2.45, 2.75) is 413 Å². The minimum Gasteiger partial charge on any atom is -0.477 e. The van der Waals surface area contributed by atoms with Gasteiger partial charge in [0.1, 0.15) is 67.1 Å². The first-order chi connectivity index (χ1) is 45.9. The molecule has 23 heteroatoms. The van der Waals surface area contributed by atoms with Gasteiger partial charge in [-0.1, -0.05) is 271 Å². The van der Waals surface area contributed by atoms with Crippen molar-refractivity contribution in [3.63, 3.8) is 0 Å². The van der Waals surface area contributed by atoms with E-state index in [4.69, 9.17) is 28.4 Å². The Morgan fingerprint density at radius 2 is 0.916 bits per heavy atom. The van der Waals surface area contributed by atoms with Gasteiger partial charge < -0.3 is 100 Å². The van der Waals surface area contributed by atoms with Gasteiger partial charge >= 0.3 is 5.97 Å². The highest BCUT2D eigenvalue weighted by Gasteiger charge is 2.60. The van der Waals surface area contributed by atoms with Crippen LogP contribution in [0, 0.1) is 0 Å². The summed E-state index contributed by atoms with van der Waals surface area (Å²) in [5.74, 6) is -6.09. The van der Waals surface area contributed by atoms with Crippen LogP contribution in [-0.2, 0) is 42.8 Å². The Morgan fingerprint density at radius 1 is 0.505 bits per heavy atom. The Kier molecular flexibility index (Phi) is 48.2. The van der Waals surface area contributed by atoms with Gasteiger partial charge in [0.25, 0.3) is 5.79 Å². The van der Waals surface area contributed by atoms with Gasteiger partial charge in [0.15, 0.2) is 12.6 Å². The summed E-state index contributed by atoms with van der Waals surface area (Å²) in [6, 6.07) is -2.52. The normalized spacial score (nSPS) is 27.7. The molecule has 3 heterocycles. The molecular formula is C72H136N2O21. The van der Waals surface area contributed by atoms with Crippen LogP contribution >= 0.6 is 0 Å². The van der Waals surface area contributed by atoms with Crippen LogP contribution in [-0.4, -0.2) is 215 Å². The van der Waals surface area contributed by atoms with Crippen molar-refractivity contribution < 1.29 is 104 Å². The lowest BCUT2D eigenvalue weighted by Gasteiger charge is -2.50. The number of amides is 2. The number of carboxylic acids is 1. The van der Waals surface area contributed by atoms with Crippen molar-refractivity contribution in [3.05, 3.63) is 0 Å². The number of nitrogens with one attached hydrogen (secondary N) is 2. The lowest BCUT2D eigenvalue weighted by molar-refractivity contribution is -0.386. The summed E-state index contributed by atoms with van der Waals surface area (Å²) in [5, 5.41) is 136. The maximum Gasteiger partial charge on any atom is 0.364 e. The van der Waals surface area contributed by atoms with Crippen LogP contribution in [0.4, 0.5) is 0 Å². The van der Waals surface area contributed by atoms with Crippen molar-refractivity contribution in [3.8, 4) is 0 Å². The van der Waals surface area contributed by atoms with Gasteiger partial charge in [0.05, 0.1) is 50.7 Å². The predicted octanol–water partition coefficient (Wildman–Crippen LogP) is 8.46. The maximum absolute atomic E-state index is 13.5. The van der Waals surface area contributed by atoms with Crippen LogP contribution in [0.3, 0.4) is 0 Å². The van der Waals surface area contributed by atoms with Crippen molar-refractivity contribution in [2.75, 3.05) is 26.4 Å². The first-order valence-corrected chi connectivity index (χ1v) is 37.9. The van der Waals surface area contributed by atoms with E-state index in [0.29, 0.717) is 19.3 Å². The van der Waals surface area contributed by atoms with E-state index in [1.807, 2.05) is 0 Å². The zero-order valence-electron chi connectivity index (χ0n) is 58.8. The highest BCUT2D eigenvalue weighted by atomic mass is 16.8. The van der Waals surface area contributed by atoms with Gasteiger partial charge in [-0.25, -0.2) is 4.79 Å². The second-order valence-corrected chi connectivity index (χ2v) is 27.9. The summed E-state index contributed by atoms with van der Waals surface area (Å²) < 4.78 is 34.9. The van der Waals surface area contributed by atoms with Crippen LogP contribution in [0.15, 0.2) is 0 Å². The molecule has 560 valence electrons. The summed E-state index contributed by atoms with van der Waals surface area (Å²) >= 11 is 0. The Balaban J connectivity index is 1.49. The third-order valence-corrected chi connectivity index (χ3v) is 19.6. The molecule has 0 spiro atoms. The summed E-state index contributed by atoms with van der Waals surface area (Å²) in [5.41, 5.74) is 0. The molecule has 23 nitrogen and oxygen atoms in total. The number of aliphatic hydroxyl groups excluding tert-OH is 11. The molecule has 0 aromatic rings. The standard InChI is InChI=1S/C72H136N2O21/c1-4-6-8-10-12-14-16-18-19-20-21-22-23-24-25-26-27-28-29-30-31-32-34-36-38-40-42-44-46-59(82)74-53(54(79)45-43-41-39-37-35-33-17-15-13-11-9-7-5-2)51-90-69-64(86)63(85)66(58(50-77)92-69)93-70-65(87)68(62(84)57(49-76)91-70)95-72(71(88)89)47-55(80)60(73-52(3)78)67(94-72)61(83)56(81)48-75/h53-58,60-70,75-77,79-81,83-87H,4-51H2,1-3H3,(H,73,78)(H,74,82)(H,88,89). The van der Waals surface area contributed by atoms with Crippen LogP contribution in [0.25, 0.3) is 0 Å². The van der Waals surface area contributed by atoms with Gasteiger partial charge in [-0.05, 0) is 12.8 Å². The van der Waals surface area contributed by atoms with Crippen molar-refractivity contribution in [1.29, 1.82) is 0 Å². The Bertz CT molecular complexity index is 1910. The monoisotopic (exact) mass is 1360 g/mol. The second kappa shape index (κ2) is 52.7. The van der Waals surface area contributed by atoms with Crippen LogP contribution < -0.4 is 10.6 Å². The topological polar surface area (TPSA) is 373 Å². The van der Waals surface area contributed by atoms with Gasteiger partial charge in [-0.2, -0.15) is 0 Å². The van der Waals surface area contributed by atoms with Gasteiger partial charge in [0.2, 0.25) is 11.8 Å². The lowest BCUT2D eigenvalue weighted by atomic mass is 9.88. The largest absolute Gasteiger partial charge is 0.477 e. The average Bonchev–Trinajstić information content (AvgIpc) is 0.757. The molecule has 18 unspecified atom stereocenters. The molecule has 3 aliphatic heterocycles. The molecule has 18 atom stereocenters. The van der Waals surface area contributed by atoms with E-state index in [-0.39, 0.29) is 18.9 Å². The predicted molar refractivity (Wildman–Crippen MR) is 362 cm³/mol. The molecule has 3 aliphatic rings. The molecule has 3 rings (SSSR count). The molecule has 0 saturated carbocycles. The zero-order chi connectivity index (χ0) is 69.6. The number of carbonyl (C=O) groups excluding carboxylic acids is 2. The van der Waals surface area contributed by atoms with E-state index in [1.54, 1.807) is 0 Å². The molecule has 0 radical (unpaired) electrons. The molecule has 0 bridgehead atoms. The van der Waals surface area contributed by atoms with Gasteiger partial charge in [0, 0.05) is 19.8 Å². The third-order valence-electron chi connectivity index (χ3n) is 19.6. The highest BCUT2D eigenvalue weighted by Crippen LogP contribution is 2.39. The number of rotatable bonds is 59. The maximum atomic E-state index is 13.5. The lowest BCUT2D eigenvalue weighted by Crippen LogP contribution is -2.70. The average molecular weight is 1370 g/mol. The summed E-state index contributed by atoms with van der Waals surface area (Å²) in [6.45, 7) is 2.23. The number of ether oxygens (including phenoxy) is 6. The molecule has 0 aromatic carbocycles. The van der Waals surface area contributed by atoms with Crippen molar-refractivity contribution in [2.24, 2.45) is 0 Å². The number of unbranched alkanes of at least 4 members (excludes halogenated alkanes) is 39. The van der Waals surface area contributed by atoms with Gasteiger partial charge in [-0.15, -0.1) is 0 Å². The Hall–Kier alpha value is -2.27. The minimum atomic E-state index is -3.08. The quantitative estimate of drug-likeness (QED) is 0.0254. The van der Waals surface area contributed by atoms with E-state index >= 15 is 0 Å². The highest BCUT2D eigenvalue weighted by molar-refractivity contribution is 5.77. The Labute approximate surface area is 569 Å². The molecule has 95 heavy (non-hydrogen) atoms. The Morgan fingerprint density at radius 3 is 1.32 bits per heavy atom. The number of hydrogen-bond acceptors (Lipinski definition) is 20. The van der Waals surface area contributed by atoms with E-state index in [0.717, 1.165) is 51.9 Å². The first kappa shape index (κ1) is 86.9. The molecule has 14 N–H and O–H groups in total.